The van der Waals surface area contributed by atoms with Gasteiger partial charge in [-0.3, -0.25) is 9.00 Å². The molecule has 1 amide bonds. The second-order valence-electron chi connectivity index (χ2n) is 4.48. The van der Waals surface area contributed by atoms with Gasteiger partial charge in [0, 0.05) is 16.3 Å². The lowest BCUT2D eigenvalue weighted by atomic mass is 10.2. The van der Waals surface area contributed by atoms with Gasteiger partial charge < -0.3 is 11.1 Å². The van der Waals surface area contributed by atoms with Crippen molar-refractivity contribution in [3.63, 3.8) is 0 Å². The number of amides is 1. The van der Waals surface area contributed by atoms with Gasteiger partial charge >= 0.3 is 0 Å². The highest BCUT2D eigenvalue weighted by molar-refractivity contribution is 7.85. The monoisotopic (exact) mass is 288 g/mol. The van der Waals surface area contributed by atoms with Crippen LogP contribution in [0, 0.1) is 6.92 Å². The number of nitrogen functional groups attached to an aromatic ring is 1. The van der Waals surface area contributed by atoms with E-state index in [1.807, 2.05) is 25.1 Å². The Hall–Kier alpha value is -2.14. The molecule has 0 aliphatic heterocycles. The van der Waals surface area contributed by atoms with Crippen LogP contribution in [0.15, 0.2) is 53.4 Å². The number of nitrogens with two attached hydrogens (primary N) is 1. The first-order chi connectivity index (χ1) is 9.54. The molecule has 20 heavy (non-hydrogen) atoms. The molecule has 4 nitrogen and oxygen atoms in total. The van der Waals surface area contributed by atoms with Gasteiger partial charge in [-0.15, -0.1) is 0 Å². The average Bonchev–Trinajstić information content (AvgIpc) is 2.39. The summed E-state index contributed by atoms with van der Waals surface area (Å²) < 4.78 is 12.0. The van der Waals surface area contributed by atoms with Crippen LogP contribution in [-0.2, 0) is 15.6 Å². The summed E-state index contributed by atoms with van der Waals surface area (Å²) in [6.45, 7) is 1.95. The molecule has 0 aliphatic carbocycles. The SMILES string of the molecule is Cc1cccc(NC(=O)CS(=O)c2ccc(N)cc2)c1. The maximum Gasteiger partial charge on any atom is 0.237 e. The quantitative estimate of drug-likeness (QED) is 0.848. The van der Waals surface area contributed by atoms with E-state index in [1.54, 1.807) is 30.3 Å². The Kier molecular flexibility index (Phi) is 4.53. The topological polar surface area (TPSA) is 72.2 Å². The van der Waals surface area contributed by atoms with Crippen molar-refractivity contribution in [1.29, 1.82) is 0 Å². The highest BCUT2D eigenvalue weighted by Gasteiger charge is 2.10. The maximum absolute atomic E-state index is 12.0. The molecular formula is C15H16N2O2S. The molecule has 0 aromatic heterocycles. The summed E-state index contributed by atoms with van der Waals surface area (Å²) in [6.07, 6.45) is 0. The first-order valence-corrected chi connectivity index (χ1v) is 7.47. The highest BCUT2D eigenvalue weighted by atomic mass is 32.2. The Morgan fingerprint density at radius 1 is 1.20 bits per heavy atom. The molecule has 5 heteroatoms. The summed E-state index contributed by atoms with van der Waals surface area (Å²) in [4.78, 5) is 12.4. The molecule has 0 saturated heterocycles. The van der Waals surface area contributed by atoms with E-state index in [1.165, 1.54) is 0 Å². The first-order valence-electron chi connectivity index (χ1n) is 6.15. The van der Waals surface area contributed by atoms with Crippen LogP contribution in [0.3, 0.4) is 0 Å². The number of nitrogens with one attached hydrogen (secondary N) is 1. The molecule has 2 aromatic carbocycles. The predicted molar refractivity (Wildman–Crippen MR) is 81.9 cm³/mol. The van der Waals surface area contributed by atoms with Crippen LogP contribution in [0.2, 0.25) is 0 Å². The van der Waals surface area contributed by atoms with Crippen LogP contribution in [-0.4, -0.2) is 15.9 Å². The maximum atomic E-state index is 12.0. The van der Waals surface area contributed by atoms with Crippen LogP contribution in [0.25, 0.3) is 0 Å². The molecular weight excluding hydrogens is 272 g/mol. The van der Waals surface area contributed by atoms with Crippen LogP contribution in [0.1, 0.15) is 5.56 Å². The molecule has 0 fully saturated rings. The second-order valence-corrected chi connectivity index (χ2v) is 5.93. The molecule has 0 bridgehead atoms. The van der Waals surface area contributed by atoms with Crippen molar-refractivity contribution in [2.24, 2.45) is 0 Å². The average molecular weight is 288 g/mol. The van der Waals surface area contributed by atoms with E-state index in [-0.39, 0.29) is 11.7 Å². The van der Waals surface area contributed by atoms with Gasteiger partial charge in [-0.25, -0.2) is 0 Å². The van der Waals surface area contributed by atoms with Crippen molar-refractivity contribution in [3.8, 4) is 0 Å². The normalized spacial score (nSPS) is 11.8. The fraction of sp³-hybridized carbons (Fsp3) is 0.133. The Morgan fingerprint density at radius 2 is 1.90 bits per heavy atom. The fourth-order valence-corrected chi connectivity index (χ4v) is 2.66. The zero-order chi connectivity index (χ0) is 14.5. The van der Waals surface area contributed by atoms with Gasteiger partial charge in [0.15, 0.2) is 0 Å². The van der Waals surface area contributed by atoms with Crippen molar-refractivity contribution in [1.82, 2.24) is 0 Å². The van der Waals surface area contributed by atoms with Crippen molar-refractivity contribution < 1.29 is 9.00 Å². The van der Waals surface area contributed by atoms with Gasteiger partial charge in [0.25, 0.3) is 0 Å². The van der Waals surface area contributed by atoms with Crippen LogP contribution < -0.4 is 11.1 Å². The molecule has 0 spiro atoms. The van der Waals surface area contributed by atoms with E-state index >= 15 is 0 Å². The first kappa shape index (κ1) is 14.3. The summed E-state index contributed by atoms with van der Waals surface area (Å²) in [5.74, 6) is -0.344. The number of benzene rings is 2. The van der Waals surface area contributed by atoms with Crippen LogP contribution in [0.5, 0.6) is 0 Å². The number of carbonyl (C=O) groups is 1. The summed E-state index contributed by atoms with van der Waals surface area (Å²) in [5, 5.41) is 2.74. The highest BCUT2D eigenvalue weighted by Crippen LogP contribution is 2.12. The third-order valence-electron chi connectivity index (χ3n) is 2.71. The van der Waals surface area contributed by atoms with Crippen molar-refractivity contribution in [2.45, 2.75) is 11.8 Å². The van der Waals surface area contributed by atoms with Gasteiger partial charge in [0.2, 0.25) is 5.91 Å². The minimum atomic E-state index is -1.37. The van der Waals surface area contributed by atoms with E-state index in [9.17, 15) is 9.00 Å². The fourth-order valence-electron chi connectivity index (χ4n) is 1.74. The van der Waals surface area contributed by atoms with Gasteiger partial charge in [-0.2, -0.15) is 0 Å². The lowest BCUT2D eigenvalue weighted by Crippen LogP contribution is -2.19. The van der Waals surface area contributed by atoms with Crippen molar-refractivity contribution >= 4 is 28.1 Å². The molecule has 0 heterocycles. The summed E-state index contributed by atoms with van der Waals surface area (Å²) in [6, 6.07) is 14.2. The Morgan fingerprint density at radius 3 is 2.55 bits per heavy atom. The molecule has 0 saturated carbocycles. The lowest BCUT2D eigenvalue weighted by Gasteiger charge is -2.06. The van der Waals surface area contributed by atoms with Crippen molar-refractivity contribution in [2.75, 3.05) is 16.8 Å². The van der Waals surface area contributed by atoms with Crippen LogP contribution >= 0.6 is 0 Å². The van der Waals surface area contributed by atoms with Crippen LogP contribution in [0.4, 0.5) is 11.4 Å². The van der Waals surface area contributed by atoms with Crippen molar-refractivity contribution in [3.05, 3.63) is 54.1 Å². The Labute approximate surface area is 120 Å². The minimum absolute atomic E-state index is 0.0716. The Balaban J connectivity index is 1.97. The van der Waals surface area contributed by atoms with Gasteiger partial charge in [0.05, 0.1) is 10.8 Å². The number of hydrogen-bond donors (Lipinski definition) is 2. The number of anilines is 2. The number of aryl methyl sites for hydroxylation is 1. The van der Waals surface area contributed by atoms with E-state index in [0.717, 1.165) is 5.56 Å². The zero-order valence-corrected chi connectivity index (χ0v) is 11.9. The Bertz CT molecular complexity index is 639. The largest absolute Gasteiger partial charge is 0.399 e. The predicted octanol–water partition coefficient (Wildman–Crippen LogP) is 2.32. The molecule has 2 rings (SSSR count). The molecule has 2 aromatic rings. The number of rotatable bonds is 4. The van der Waals surface area contributed by atoms with E-state index in [2.05, 4.69) is 5.32 Å². The molecule has 1 atom stereocenters. The second kappa shape index (κ2) is 6.34. The standard InChI is InChI=1S/C15H16N2O2S/c1-11-3-2-4-13(9-11)17-15(18)10-20(19)14-7-5-12(16)6-8-14/h2-9H,10,16H2,1H3,(H,17,18). The zero-order valence-electron chi connectivity index (χ0n) is 11.1. The molecule has 1 unspecified atom stereocenters. The van der Waals surface area contributed by atoms with E-state index < -0.39 is 10.8 Å². The smallest absolute Gasteiger partial charge is 0.237 e. The molecule has 0 radical (unpaired) electrons. The van der Waals surface area contributed by atoms with Gasteiger partial charge in [-0.1, -0.05) is 12.1 Å². The minimum Gasteiger partial charge on any atom is -0.399 e. The van der Waals surface area contributed by atoms with E-state index in [4.69, 9.17) is 5.73 Å². The van der Waals surface area contributed by atoms with Gasteiger partial charge in [0.1, 0.15) is 5.75 Å². The molecule has 104 valence electrons. The lowest BCUT2D eigenvalue weighted by molar-refractivity contribution is -0.113. The number of carbonyl (C=O) groups excluding carboxylic acids is 1. The molecule has 3 N–H and O–H groups in total. The summed E-state index contributed by atoms with van der Waals surface area (Å²) in [7, 11) is -1.37. The third-order valence-corrected chi connectivity index (χ3v) is 4.03. The molecule has 0 aliphatic rings. The summed E-state index contributed by atoms with van der Waals surface area (Å²) >= 11 is 0. The number of hydrogen-bond acceptors (Lipinski definition) is 3. The third kappa shape index (κ3) is 3.93. The van der Waals surface area contributed by atoms with Gasteiger partial charge in [-0.05, 0) is 48.9 Å². The van der Waals surface area contributed by atoms with E-state index in [0.29, 0.717) is 16.3 Å². The summed E-state index contributed by atoms with van der Waals surface area (Å²) in [5.41, 5.74) is 7.94.